The summed E-state index contributed by atoms with van der Waals surface area (Å²) in [5, 5.41) is 17.2. The molecule has 0 unspecified atom stereocenters. The fourth-order valence-electron chi connectivity index (χ4n) is 1.78. The second-order valence-corrected chi connectivity index (χ2v) is 5.06. The van der Waals surface area contributed by atoms with E-state index in [1.54, 1.807) is 18.2 Å². The molecule has 0 fully saturated rings. The third-order valence-electron chi connectivity index (χ3n) is 2.82. The molecule has 2 aromatic heterocycles. The minimum absolute atomic E-state index is 0.133. The fourth-order valence-corrected chi connectivity index (χ4v) is 2.05. The number of benzene rings is 1. The van der Waals surface area contributed by atoms with Crippen LogP contribution in [0, 0.1) is 0 Å². The predicted octanol–water partition coefficient (Wildman–Crippen LogP) is 3.80. The molecule has 0 aliphatic carbocycles. The van der Waals surface area contributed by atoms with Crippen LogP contribution >= 0.6 is 23.2 Å². The average molecular weight is 336 g/mol. The second-order valence-electron chi connectivity index (χ2n) is 4.29. The van der Waals surface area contributed by atoms with Gasteiger partial charge in [-0.05, 0) is 24.3 Å². The molecule has 0 aliphatic heterocycles. The zero-order chi connectivity index (χ0) is 15.7. The fraction of sp³-hybridized carbons (Fsp3) is 0. The molecule has 0 saturated carbocycles. The Morgan fingerprint density at radius 3 is 2.50 bits per heavy atom. The van der Waals surface area contributed by atoms with E-state index in [-0.39, 0.29) is 27.5 Å². The Morgan fingerprint density at radius 1 is 1.09 bits per heavy atom. The van der Waals surface area contributed by atoms with Crippen molar-refractivity contribution in [2.75, 3.05) is 0 Å². The number of aromatic carboxylic acids is 1. The van der Waals surface area contributed by atoms with E-state index >= 15 is 0 Å². The minimum Gasteiger partial charge on any atom is -0.478 e. The molecule has 0 saturated heterocycles. The van der Waals surface area contributed by atoms with Crippen LogP contribution in [-0.2, 0) is 0 Å². The summed E-state index contributed by atoms with van der Waals surface area (Å²) in [5.74, 6) is -0.624. The van der Waals surface area contributed by atoms with Crippen LogP contribution < -0.4 is 0 Å². The van der Waals surface area contributed by atoms with Gasteiger partial charge in [-0.3, -0.25) is 0 Å². The molecule has 0 amide bonds. The van der Waals surface area contributed by atoms with Gasteiger partial charge >= 0.3 is 5.97 Å². The molecule has 1 aromatic carbocycles. The molecule has 0 aliphatic rings. The number of carboxylic acids is 1. The zero-order valence-electron chi connectivity index (χ0n) is 10.8. The van der Waals surface area contributed by atoms with Gasteiger partial charge in [-0.15, -0.1) is 10.2 Å². The van der Waals surface area contributed by atoms with Crippen LogP contribution in [0.3, 0.4) is 0 Å². The molecule has 110 valence electrons. The molecule has 22 heavy (non-hydrogen) atoms. The summed E-state index contributed by atoms with van der Waals surface area (Å²) in [6.07, 6.45) is 1.46. The Bertz CT molecular complexity index is 864. The van der Waals surface area contributed by atoms with Crippen LogP contribution in [-0.4, -0.2) is 26.3 Å². The van der Waals surface area contributed by atoms with E-state index in [4.69, 9.17) is 32.7 Å². The molecule has 3 rings (SSSR count). The molecule has 6 nitrogen and oxygen atoms in total. The maximum absolute atomic E-state index is 11.0. The highest BCUT2D eigenvalue weighted by atomic mass is 35.5. The predicted molar refractivity (Wildman–Crippen MR) is 79.9 cm³/mol. The van der Waals surface area contributed by atoms with E-state index in [9.17, 15) is 4.79 Å². The standard InChI is InChI=1S/C14H7Cl2N3O3/c15-10-5-9(6-17-11(10)16)13-19-18-12(22-13)7-2-1-3-8(4-7)14(20)21/h1-6H,(H,20,21). The highest BCUT2D eigenvalue weighted by molar-refractivity contribution is 6.41. The molecule has 3 aromatic rings. The summed E-state index contributed by atoms with van der Waals surface area (Å²) in [6, 6.07) is 7.76. The zero-order valence-corrected chi connectivity index (χ0v) is 12.3. The van der Waals surface area contributed by atoms with Gasteiger partial charge in [-0.2, -0.15) is 0 Å². The molecular formula is C14H7Cl2N3O3. The van der Waals surface area contributed by atoms with Crippen LogP contribution in [0.15, 0.2) is 40.9 Å². The summed E-state index contributed by atoms with van der Waals surface area (Å²) in [6.45, 7) is 0. The van der Waals surface area contributed by atoms with Crippen LogP contribution in [0.4, 0.5) is 0 Å². The van der Waals surface area contributed by atoms with Crippen LogP contribution in [0.25, 0.3) is 22.9 Å². The maximum Gasteiger partial charge on any atom is 0.335 e. The Labute approximate surface area is 134 Å². The number of carboxylic acid groups (broad SMARTS) is 1. The van der Waals surface area contributed by atoms with Gasteiger partial charge in [0, 0.05) is 11.8 Å². The Kier molecular flexibility index (Phi) is 3.79. The molecule has 2 heterocycles. The van der Waals surface area contributed by atoms with Crippen molar-refractivity contribution in [3.63, 3.8) is 0 Å². The van der Waals surface area contributed by atoms with Gasteiger partial charge in [0.1, 0.15) is 5.15 Å². The Morgan fingerprint density at radius 2 is 1.82 bits per heavy atom. The van der Waals surface area contributed by atoms with Gasteiger partial charge in [-0.25, -0.2) is 9.78 Å². The van der Waals surface area contributed by atoms with Crippen LogP contribution in [0.1, 0.15) is 10.4 Å². The van der Waals surface area contributed by atoms with E-state index < -0.39 is 5.97 Å². The topological polar surface area (TPSA) is 89.1 Å². The van der Waals surface area contributed by atoms with E-state index in [1.165, 1.54) is 18.3 Å². The number of hydrogen-bond donors (Lipinski definition) is 1. The number of halogens is 2. The molecule has 0 radical (unpaired) electrons. The third kappa shape index (κ3) is 2.79. The van der Waals surface area contributed by atoms with Crippen LogP contribution in [0.2, 0.25) is 10.2 Å². The largest absolute Gasteiger partial charge is 0.478 e. The normalized spacial score (nSPS) is 10.6. The third-order valence-corrected chi connectivity index (χ3v) is 3.51. The first-order valence-electron chi connectivity index (χ1n) is 6.03. The smallest absolute Gasteiger partial charge is 0.335 e. The first-order valence-corrected chi connectivity index (χ1v) is 6.79. The lowest BCUT2D eigenvalue weighted by Gasteiger charge is -1.98. The lowest BCUT2D eigenvalue weighted by atomic mass is 10.1. The lowest BCUT2D eigenvalue weighted by molar-refractivity contribution is 0.0697. The van der Waals surface area contributed by atoms with Crippen molar-refractivity contribution in [2.45, 2.75) is 0 Å². The number of carbonyl (C=O) groups is 1. The monoisotopic (exact) mass is 335 g/mol. The first-order chi connectivity index (χ1) is 10.5. The average Bonchev–Trinajstić information content (AvgIpc) is 3.00. The molecular weight excluding hydrogens is 329 g/mol. The van der Waals surface area contributed by atoms with Gasteiger partial charge < -0.3 is 9.52 Å². The van der Waals surface area contributed by atoms with E-state index in [1.807, 2.05) is 0 Å². The highest BCUT2D eigenvalue weighted by Crippen LogP contribution is 2.28. The van der Waals surface area contributed by atoms with E-state index in [2.05, 4.69) is 15.2 Å². The van der Waals surface area contributed by atoms with Gasteiger partial charge in [-0.1, -0.05) is 29.3 Å². The number of nitrogens with zero attached hydrogens (tertiary/aromatic N) is 3. The van der Waals surface area contributed by atoms with Crippen molar-refractivity contribution in [1.29, 1.82) is 0 Å². The van der Waals surface area contributed by atoms with Crippen LogP contribution in [0.5, 0.6) is 0 Å². The Balaban J connectivity index is 1.98. The maximum atomic E-state index is 11.0. The molecule has 0 bridgehead atoms. The van der Waals surface area contributed by atoms with E-state index in [0.29, 0.717) is 11.1 Å². The summed E-state index contributed by atoms with van der Waals surface area (Å²) >= 11 is 11.6. The quantitative estimate of drug-likeness (QED) is 0.732. The summed E-state index contributed by atoms with van der Waals surface area (Å²) < 4.78 is 5.53. The summed E-state index contributed by atoms with van der Waals surface area (Å²) in [7, 11) is 0. The number of hydrogen-bond acceptors (Lipinski definition) is 5. The second kappa shape index (κ2) is 5.75. The van der Waals surface area contributed by atoms with Crippen molar-refractivity contribution in [1.82, 2.24) is 15.2 Å². The van der Waals surface area contributed by atoms with Gasteiger partial charge in [0.05, 0.1) is 16.1 Å². The summed E-state index contributed by atoms with van der Waals surface area (Å²) in [5.41, 5.74) is 1.16. The minimum atomic E-state index is -1.03. The number of pyridine rings is 1. The molecule has 8 heteroatoms. The van der Waals surface area contributed by atoms with Gasteiger partial charge in [0.25, 0.3) is 0 Å². The van der Waals surface area contributed by atoms with Crippen molar-refractivity contribution in [3.05, 3.63) is 52.3 Å². The molecule has 1 N–H and O–H groups in total. The van der Waals surface area contributed by atoms with Crippen molar-refractivity contribution < 1.29 is 14.3 Å². The SMILES string of the molecule is O=C(O)c1cccc(-c2nnc(-c3cnc(Cl)c(Cl)c3)o2)c1. The van der Waals surface area contributed by atoms with Crippen molar-refractivity contribution >= 4 is 29.2 Å². The lowest BCUT2D eigenvalue weighted by Crippen LogP contribution is -1.95. The molecule has 0 spiro atoms. The van der Waals surface area contributed by atoms with E-state index in [0.717, 1.165) is 0 Å². The van der Waals surface area contributed by atoms with Crippen molar-refractivity contribution in [3.8, 4) is 22.9 Å². The first kappa shape index (κ1) is 14.5. The highest BCUT2D eigenvalue weighted by Gasteiger charge is 2.13. The summed E-state index contributed by atoms with van der Waals surface area (Å²) in [4.78, 5) is 14.9. The van der Waals surface area contributed by atoms with Crippen molar-refractivity contribution in [2.24, 2.45) is 0 Å². The van der Waals surface area contributed by atoms with Gasteiger partial charge in [0.15, 0.2) is 0 Å². The Hall–Kier alpha value is -2.44. The number of rotatable bonds is 3. The number of aromatic nitrogens is 3. The molecule has 0 atom stereocenters. The van der Waals surface area contributed by atoms with Gasteiger partial charge in [0.2, 0.25) is 11.8 Å².